The second-order valence-electron chi connectivity index (χ2n) is 5.51. The first kappa shape index (κ1) is 14.0. The van der Waals surface area contributed by atoms with E-state index in [1.807, 2.05) is 41.3 Å². The van der Waals surface area contributed by atoms with Gasteiger partial charge in [0.1, 0.15) is 0 Å². The number of amides is 1. The van der Waals surface area contributed by atoms with E-state index in [1.165, 1.54) is 0 Å². The van der Waals surface area contributed by atoms with Crippen LogP contribution in [0.25, 0.3) is 10.8 Å². The third-order valence-corrected chi connectivity index (χ3v) is 4.05. The third-order valence-electron chi connectivity index (χ3n) is 3.84. The lowest BCUT2D eigenvalue weighted by atomic mass is 10.1. The highest BCUT2D eigenvalue weighted by molar-refractivity contribution is 7.80. The van der Waals surface area contributed by atoms with Crippen LogP contribution in [-0.2, 0) is 0 Å². The van der Waals surface area contributed by atoms with Gasteiger partial charge >= 0.3 is 0 Å². The van der Waals surface area contributed by atoms with Crippen molar-refractivity contribution in [3.8, 4) is 0 Å². The van der Waals surface area contributed by atoms with Gasteiger partial charge in [-0.3, -0.25) is 4.79 Å². The number of rotatable bonds is 5. The van der Waals surface area contributed by atoms with Gasteiger partial charge in [0, 0.05) is 24.6 Å². The number of nitrogens with two attached hydrogens (primary N) is 1. The first-order chi connectivity index (χ1) is 10.1. The van der Waals surface area contributed by atoms with Crippen molar-refractivity contribution in [2.75, 3.05) is 6.54 Å². The van der Waals surface area contributed by atoms with Crippen LogP contribution < -0.4 is 5.73 Å². The zero-order valence-corrected chi connectivity index (χ0v) is 12.6. The summed E-state index contributed by atoms with van der Waals surface area (Å²) in [6.45, 7) is 0.617. The van der Waals surface area contributed by atoms with Crippen LogP contribution in [0.5, 0.6) is 0 Å². The molecule has 4 heteroatoms. The van der Waals surface area contributed by atoms with Crippen LogP contribution >= 0.6 is 12.2 Å². The fraction of sp³-hybridized carbons (Fsp3) is 0.294. The molecule has 0 aliphatic heterocycles. The molecule has 0 unspecified atom stereocenters. The van der Waals surface area contributed by atoms with E-state index >= 15 is 0 Å². The van der Waals surface area contributed by atoms with E-state index in [0.717, 1.165) is 29.2 Å². The Labute approximate surface area is 129 Å². The van der Waals surface area contributed by atoms with Gasteiger partial charge in [-0.05, 0) is 35.7 Å². The van der Waals surface area contributed by atoms with E-state index in [-0.39, 0.29) is 5.91 Å². The molecule has 21 heavy (non-hydrogen) atoms. The molecule has 1 aliphatic carbocycles. The predicted octanol–water partition coefficient (Wildman–Crippen LogP) is 3.12. The minimum absolute atomic E-state index is 0.0829. The summed E-state index contributed by atoms with van der Waals surface area (Å²) >= 11 is 4.93. The summed E-state index contributed by atoms with van der Waals surface area (Å²) in [4.78, 5) is 15.1. The number of hydrogen-bond acceptors (Lipinski definition) is 2. The average molecular weight is 298 g/mol. The van der Waals surface area contributed by atoms with E-state index in [9.17, 15) is 4.79 Å². The van der Waals surface area contributed by atoms with Crippen molar-refractivity contribution >= 4 is 33.9 Å². The molecule has 1 aliphatic rings. The molecule has 3 rings (SSSR count). The van der Waals surface area contributed by atoms with Crippen molar-refractivity contribution in [2.24, 2.45) is 5.73 Å². The summed E-state index contributed by atoms with van der Waals surface area (Å²) in [5.74, 6) is 0.0829. The normalized spacial score (nSPS) is 14.1. The maximum Gasteiger partial charge on any atom is 0.254 e. The zero-order valence-electron chi connectivity index (χ0n) is 11.8. The average Bonchev–Trinajstić information content (AvgIpc) is 3.31. The minimum atomic E-state index is 0.0829. The monoisotopic (exact) mass is 298 g/mol. The van der Waals surface area contributed by atoms with Gasteiger partial charge in [0.05, 0.1) is 4.99 Å². The number of carbonyl (C=O) groups is 1. The summed E-state index contributed by atoms with van der Waals surface area (Å²) in [5.41, 5.74) is 6.31. The van der Waals surface area contributed by atoms with Crippen LogP contribution in [-0.4, -0.2) is 28.4 Å². The highest BCUT2D eigenvalue weighted by atomic mass is 32.1. The van der Waals surface area contributed by atoms with Gasteiger partial charge in [-0.1, -0.05) is 42.5 Å². The Morgan fingerprint density at radius 1 is 1.19 bits per heavy atom. The molecule has 0 heterocycles. The smallest absolute Gasteiger partial charge is 0.254 e. The molecular weight excluding hydrogens is 280 g/mol. The lowest BCUT2D eigenvalue weighted by molar-refractivity contribution is 0.0748. The number of carbonyl (C=O) groups excluding carboxylic acids is 1. The molecule has 1 fully saturated rings. The summed E-state index contributed by atoms with van der Waals surface area (Å²) in [6.07, 6.45) is 2.75. The SMILES string of the molecule is NC(=S)CCN(C(=O)c1ccc2ccccc2c1)C1CC1. The molecule has 0 bridgehead atoms. The Morgan fingerprint density at radius 3 is 2.57 bits per heavy atom. The first-order valence-corrected chi connectivity index (χ1v) is 7.64. The Kier molecular flexibility index (Phi) is 3.88. The highest BCUT2D eigenvalue weighted by Gasteiger charge is 2.32. The lowest BCUT2D eigenvalue weighted by Gasteiger charge is -2.22. The standard InChI is InChI=1S/C17H18N2OS/c18-16(21)9-10-19(15-7-8-15)17(20)14-6-5-12-3-1-2-4-13(12)11-14/h1-6,11,15H,7-10H2,(H2,18,21). The Hall–Kier alpha value is -1.94. The van der Waals surface area contributed by atoms with Crippen molar-refractivity contribution in [3.05, 3.63) is 48.0 Å². The summed E-state index contributed by atoms with van der Waals surface area (Å²) in [7, 11) is 0. The van der Waals surface area contributed by atoms with Crippen molar-refractivity contribution in [1.82, 2.24) is 4.90 Å². The molecule has 2 aromatic carbocycles. The summed E-state index contributed by atoms with van der Waals surface area (Å²) < 4.78 is 0. The molecule has 0 saturated heterocycles. The first-order valence-electron chi connectivity index (χ1n) is 7.23. The maximum absolute atomic E-state index is 12.7. The maximum atomic E-state index is 12.7. The second kappa shape index (κ2) is 5.82. The quantitative estimate of drug-likeness (QED) is 0.863. The summed E-state index contributed by atoms with van der Waals surface area (Å²) in [5, 5.41) is 2.24. The number of benzene rings is 2. The predicted molar refractivity (Wildman–Crippen MR) is 89.4 cm³/mol. The second-order valence-corrected chi connectivity index (χ2v) is 6.03. The van der Waals surface area contributed by atoms with Crippen molar-refractivity contribution in [3.63, 3.8) is 0 Å². The van der Waals surface area contributed by atoms with Gasteiger partial charge in [-0.25, -0.2) is 0 Å². The molecule has 2 N–H and O–H groups in total. The molecule has 0 spiro atoms. The van der Waals surface area contributed by atoms with E-state index in [2.05, 4.69) is 6.07 Å². The molecule has 108 valence electrons. The van der Waals surface area contributed by atoms with Crippen molar-refractivity contribution in [2.45, 2.75) is 25.3 Å². The van der Waals surface area contributed by atoms with E-state index in [4.69, 9.17) is 18.0 Å². The molecule has 0 radical (unpaired) electrons. The number of hydrogen-bond donors (Lipinski definition) is 1. The number of fused-ring (bicyclic) bond motifs is 1. The number of thiocarbonyl (C=S) groups is 1. The van der Waals surface area contributed by atoms with Gasteiger partial charge in [0.15, 0.2) is 0 Å². The topological polar surface area (TPSA) is 46.3 Å². The molecule has 2 aromatic rings. The van der Waals surface area contributed by atoms with Gasteiger partial charge in [0.2, 0.25) is 0 Å². The van der Waals surface area contributed by atoms with Crippen molar-refractivity contribution < 1.29 is 4.79 Å². The zero-order chi connectivity index (χ0) is 14.8. The minimum Gasteiger partial charge on any atom is -0.393 e. The van der Waals surface area contributed by atoms with Crippen LogP contribution in [0.3, 0.4) is 0 Å². The van der Waals surface area contributed by atoms with Crippen LogP contribution in [0.1, 0.15) is 29.6 Å². The van der Waals surface area contributed by atoms with Crippen LogP contribution in [0.4, 0.5) is 0 Å². The molecule has 0 aromatic heterocycles. The fourth-order valence-corrected chi connectivity index (χ4v) is 2.65. The Morgan fingerprint density at radius 2 is 1.90 bits per heavy atom. The van der Waals surface area contributed by atoms with E-state index < -0.39 is 0 Å². The summed E-state index contributed by atoms with van der Waals surface area (Å²) in [6, 6.07) is 14.3. The van der Waals surface area contributed by atoms with Gasteiger partial charge in [-0.15, -0.1) is 0 Å². The third kappa shape index (κ3) is 3.22. The molecule has 1 amide bonds. The van der Waals surface area contributed by atoms with E-state index in [0.29, 0.717) is 24.0 Å². The van der Waals surface area contributed by atoms with E-state index in [1.54, 1.807) is 0 Å². The van der Waals surface area contributed by atoms with Crippen LogP contribution in [0.2, 0.25) is 0 Å². The van der Waals surface area contributed by atoms with Gasteiger partial charge in [-0.2, -0.15) is 0 Å². The Bertz CT molecular complexity index is 694. The highest BCUT2D eigenvalue weighted by Crippen LogP contribution is 2.29. The molecule has 1 saturated carbocycles. The molecule has 3 nitrogen and oxygen atoms in total. The van der Waals surface area contributed by atoms with Crippen LogP contribution in [0, 0.1) is 0 Å². The lowest BCUT2D eigenvalue weighted by Crippen LogP contribution is -2.35. The largest absolute Gasteiger partial charge is 0.393 e. The Balaban J connectivity index is 1.84. The van der Waals surface area contributed by atoms with Gasteiger partial charge in [0.25, 0.3) is 5.91 Å². The van der Waals surface area contributed by atoms with Gasteiger partial charge < -0.3 is 10.6 Å². The number of nitrogens with zero attached hydrogens (tertiary/aromatic N) is 1. The fourth-order valence-electron chi connectivity index (χ4n) is 2.55. The van der Waals surface area contributed by atoms with Crippen molar-refractivity contribution in [1.29, 1.82) is 0 Å². The van der Waals surface area contributed by atoms with Crippen LogP contribution in [0.15, 0.2) is 42.5 Å². The molecular formula is C17H18N2OS. The molecule has 0 atom stereocenters.